The summed E-state index contributed by atoms with van der Waals surface area (Å²) in [7, 11) is 1.31. The van der Waals surface area contributed by atoms with Crippen LogP contribution >= 0.6 is 0 Å². The first-order valence-electron chi connectivity index (χ1n) is 5.59. The third kappa shape index (κ3) is 2.16. The van der Waals surface area contributed by atoms with Gasteiger partial charge in [-0.25, -0.2) is 4.98 Å². The zero-order valence-electron chi connectivity index (χ0n) is 10.2. The second kappa shape index (κ2) is 5.13. The van der Waals surface area contributed by atoms with E-state index >= 15 is 0 Å². The lowest BCUT2D eigenvalue weighted by Crippen LogP contribution is -2.33. The van der Waals surface area contributed by atoms with Gasteiger partial charge in [0.2, 0.25) is 5.90 Å². The molecule has 9 heteroatoms. The van der Waals surface area contributed by atoms with Crippen LogP contribution in [0.5, 0.6) is 0 Å². The van der Waals surface area contributed by atoms with E-state index < -0.39 is 31.1 Å². The average molecular weight is 272 g/mol. The van der Waals surface area contributed by atoms with Crippen LogP contribution in [0.2, 0.25) is 0 Å². The van der Waals surface area contributed by atoms with Gasteiger partial charge >= 0.3 is 0 Å². The number of nitrogens with one attached hydrogen (secondary N) is 1. The number of anilines is 1. The van der Waals surface area contributed by atoms with E-state index in [-0.39, 0.29) is 17.4 Å². The van der Waals surface area contributed by atoms with Gasteiger partial charge < -0.3 is 30.5 Å². The maximum atomic E-state index is 9.87. The Balaban J connectivity index is 2.28. The second-order valence-corrected chi connectivity index (χ2v) is 4.15. The number of ether oxygens (including phenoxy) is 2. The molecule has 4 atom stereocenters. The minimum atomic E-state index is -1.25. The van der Waals surface area contributed by atoms with E-state index in [1.807, 2.05) is 0 Å². The molecule has 0 aliphatic carbocycles. The van der Waals surface area contributed by atoms with Crippen molar-refractivity contribution in [1.82, 2.24) is 9.55 Å². The fourth-order valence-electron chi connectivity index (χ4n) is 1.95. The number of nitrogens with zero attached hydrogens (tertiary/aromatic N) is 2. The minimum Gasteiger partial charge on any atom is -0.480 e. The first-order chi connectivity index (χ1) is 9.01. The Morgan fingerprint density at radius 2 is 2.26 bits per heavy atom. The number of hydrogen-bond acceptors (Lipinski definition) is 8. The summed E-state index contributed by atoms with van der Waals surface area (Å²) in [5.74, 6) is -0.148. The summed E-state index contributed by atoms with van der Waals surface area (Å²) in [6, 6.07) is 0. The van der Waals surface area contributed by atoms with Crippen LogP contribution in [0.15, 0.2) is 6.33 Å². The van der Waals surface area contributed by atoms with Gasteiger partial charge in [0.15, 0.2) is 11.9 Å². The van der Waals surface area contributed by atoms with Crippen molar-refractivity contribution in [1.29, 1.82) is 5.41 Å². The van der Waals surface area contributed by atoms with Gasteiger partial charge in [-0.05, 0) is 0 Å². The van der Waals surface area contributed by atoms with Gasteiger partial charge in [0, 0.05) is 0 Å². The summed E-state index contributed by atoms with van der Waals surface area (Å²) in [5, 5.41) is 36.0. The average Bonchev–Trinajstić information content (AvgIpc) is 2.91. The van der Waals surface area contributed by atoms with E-state index in [1.165, 1.54) is 18.0 Å². The predicted molar refractivity (Wildman–Crippen MR) is 63.5 cm³/mol. The molecule has 1 aliphatic rings. The summed E-state index contributed by atoms with van der Waals surface area (Å²) in [6.45, 7) is -0.427. The van der Waals surface area contributed by atoms with Crippen LogP contribution in [0.4, 0.5) is 5.82 Å². The van der Waals surface area contributed by atoms with Crippen molar-refractivity contribution >= 4 is 11.7 Å². The lowest BCUT2D eigenvalue weighted by Gasteiger charge is -2.17. The van der Waals surface area contributed by atoms with Crippen molar-refractivity contribution in [3.8, 4) is 0 Å². The Hall–Kier alpha value is -1.68. The third-order valence-corrected chi connectivity index (χ3v) is 3.04. The molecule has 4 unspecified atom stereocenters. The number of hydrogen-bond donors (Lipinski definition) is 5. The molecule has 0 saturated carbocycles. The van der Waals surface area contributed by atoms with Gasteiger partial charge in [0.1, 0.15) is 24.1 Å². The number of nitrogen functional groups attached to an aromatic ring is 1. The SMILES string of the molecule is COC(=N)c1ncn(C2OC(CO)C(O)C2O)c1N. The van der Waals surface area contributed by atoms with Gasteiger partial charge in [0.05, 0.1) is 20.0 Å². The van der Waals surface area contributed by atoms with Crippen molar-refractivity contribution in [3.05, 3.63) is 12.0 Å². The number of aliphatic hydroxyl groups excluding tert-OH is 3. The molecule has 0 spiro atoms. The standard InChI is InChI=1S/C10H16N4O5/c1-18-9(12)5-8(11)14(3-13-5)10-7(17)6(16)4(2-15)19-10/h3-4,6-7,10,12,15-17H,2,11H2,1H3. The van der Waals surface area contributed by atoms with Crippen LogP contribution in [0.1, 0.15) is 11.9 Å². The summed E-state index contributed by atoms with van der Waals surface area (Å²) in [5.41, 5.74) is 5.91. The number of methoxy groups -OCH3 is 1. The minimum absolute atomic E-state index is 0.0710. The highest BCUT2D eigenvalue weighted by Crippen LogP contribution is 2.31. The highest BCUT2D eigenvalue weighted by molar-refractivity contribution is 5.94. The third-order valence-electron chi connectivity index (χ3n) is 3.04. The molecule has 1 saturated heterocycles. The molecule has 19 heavy (non-hydrogen) atoms. The molecule has 2 rings (SSSR count). The Kier molecular flexibility index (Phi) is 3.71. The van der Waals surface area contributed by atoms with E-state index in [2.05, 4.69) is 4.98 Å². The molecule has 6 N–H and O–H groups in total. The zero-order chi connectivity index (χ0) is 14.2. The van der Waals surface area contributed by atoms with E-state index in [0.29, 0.717) is 0 Å². The summed E-state index contributed by atoms with van der Waals surface area (Å²) in [6.07, 6.45) is -3.07. The van der Waals surface area contributed by atoms with Crippen LogP contribution in [-0.4, -0.2) is 62.8 Å². The zero-order valence-corrected chi connectivity index (χ0v) is 10.2. The number of rotatable bonds is 3. The van der Waals surface area contributed by atoms with Crippen molar-refractivity contribution in [2.24, 2.45) is 0 Å². The van der Waals surface area contributed by atoms with Crippen LogP contribution < -0.4 is 5.73 Å². The molecule has 1 aromatic rings. The first kappa shape index (κ1) is 13.7. The Morgan fingerprint density at radius 3 is 2.79 bits per heavy atom. The van der Waals surface area contributed by atoms with E-state index in [0.717, 1.165) is 0 Å². The van der Waals surface area contributed by atoms with E-state index in [4.69, 9.17) is 25.7 Å². The highest BCUT2D eigenvalue weighted by atomic mass is 16.6. The number of nitrogens with two attached hydrogens (primary N) is 1. The number of imidazole rings is 1. The molecular formula is C10H16N4O5. The van der Waals surface area contributed by atoms with Crippen LogP contribution in [0, 0.1) is 5.41 Å². The maximum absolute atomic E-state index is 9.87. The van der Waals surface area contributed by atoms with Gasteiger partial charge in [-0.1, -0.05) is 0 Å². The largest absolute Gasteiger partial charge is 0.480 e. The molecular weight excluding hydrogens is 256 g/mol. The van der Waals surface area contributed by atoms with Crippen LogP contribution in [0.3, 0.4) is 0 Å². The molecule has 0 amide bonds. The van der Waals surface area contributed by atoms with Gasteiger partial charge in [-0.3, -0.25) is 9.98 Å². The van der Waals surface area contributed by atoms with Crippen molar-refractivity contribution in [2.45, 2.75) is 24.5 Å². The first-order valence-corrected chi connectivity index (χ1v) is 5.59. The maximum Gasteiger partial charge on any atom is 0.236 e. The van der Waals surface area contributed by atoms with Gasteiger partial charge in [-0.15, -0.1) is 0 Å². The molecule has 1 aromatic heterocycles. The van der Waals surface area contributed by atoms with Crippen LogP contribution in [-0.2, 0) is 9.47 Å². The predicted octanol–water partition coefficient (Wildman–Crippen LogP) is -1.95. The Morgan fingerprint density at radius 1 is 1.58 bits per heavy atom. The Labute approximate surface area is 108 Å². The second-order valence-electron chi connectivity index (χ2n) is 4.15. The Bertz CT molecular complexity index is 476. The molecule has 1 aliphatic heterocycles. The van der Waals surface area contributed by atoms with Gasteiger partial charge in [0.25, 0.3) is 0 Å². The molecule has 0 radical (unpaired) electrons. The smallest absolute Gasteiger partial charge is 0.236 e. The summed E-state index contributed by atoms with van der Waals surface area (Å²) < 4.78 is 11.3. The normalized spacial score (nSPS) is 30.5. The monoisotopic (exact) mass is 272 g/mol. The van der Waals surface area contributed by atoms with Crippen molar-refractivity contribution in [2.75, 3.05) is 19.5 Å². The quantitative estimate of drug-likeness (QED) is 0.317. The molecule has 1 fully saturated rings. The molecule has 106 valence electrons. The van der Waals surface area contributed by atoms with Gasteiger partial charge in [-0.2, -0.15) is 0 Å². The molecule has 9 nitrogen and oxygen atoms in total. The van der Waals surface area contributed by atoms with E-state index in [9.17, 15) is 10.2 Å². The molecule has 0 bridgehead atoms. The lowest BCUT2D eigenvalue weighted by atomic mass is 10.1. The topological polar surface area (TPSA) is 147 Å². The van der Waals surface area contributed by atoms with Crippen LogP contribution in [0.25, 0.3) is 0 Å². The molecule has 0 aromatic carbocycles. The van der Waals surface area contributed by atoms with Crippen molar-refractivity contribution < 1.29 is 24.8 Å². The summed E-state index contributed by atoms with van der Waals surface area (Å²) >= 11 is 0. The fraction of sp³-hybridized carbons (Fsp3) is 0.600. The fourth-order valence-corrected chi connectivity index (χ4v) is 1.95. The molecule has 2 heterocycles. The van der Waals surface area contributed by atoms with E-state index in [1.54, 1.807) is 0 Å². The summed E-state index contributed by atoms with van der Waals surface area (Å²) in [4.78, 5) is 3.89. The lowest BCUT2D eigenvalue weighted by molar-refractivity contribution is -0.0518. The highest BCUT2D eigenvalue weighted by Gasteiger charge is 2.44. The number of aliphatic hydroxyl groups is 3. The van der Waals surface area contributed by atoms with Crippen molar-refractivity contribution in [3.63, 3.8) is 0 Å². The number of aromatic nitrogens is 2.